The fraction of sp³-hybridized carbons (Fsp3) is 0.0909. The Kier molecular flexibility index (Phi) is 2.68. The van der Waals surface area contributed by atoms with Crippen molar-refractivity contribution in [1.29, 1.82) is 0 Å². The third kappa shape index (κ3) is 2.25. The zero-order chi connectivity index (χ0) is 11.5. The van der Waals surface area contributed by atoms with Gasteiger partial charge in [0.25, 0.3) is 0 Å². The maximum Gasteiger partial charge on any atom is 0.169 e. The van der Waals surface area contributed by atoms with Crippen molar-refractivity contribution in [3.63, 3.8) is 0 Å². The number of aromatic nitrogens is 2. The molecule has 4 N–H and O–H groups in total. The molecular weight excluding hydrogens is 207 g/mol. The highest BCUT2D eigenvalue weighted by Crippen LogP contribution is 2.13. The Labute approximate surface area is 92.1 Å². The molecule has 0 aliphatic carbocycles. The molecule has 4 nitrogen and oxygen atoms in total. The van der Waals surface area contributed by atoms with Crippen LogP contribution in [0.5, 0.6) is 0 Å². The van der Waals surface area contributed by atoms with Crippen LogP contribution in [-0.4, -0.2) is 10.2 Å². The molecule has 5 heteroatoms. The van der Waals surface area contributed by atoms with E-state index < -0.39 is 0 Å². The molecule has 0 amide bonds. The number of halogens is 1. The van der Waals surface area contributed by atoms with Crippen LogP contribution >= 0.6 is 0 Å². The van der Waals surface area contributed by atoms with Gasteiger partial charge in [0.1, 0.15) is 5.82 Å². The summed E-state index contributed by atoms with van der Waals surface area (Å²) in [6.07, 6.45) is 0.553. The van der Waals surface area contributed by atoms with Crippen molar-refractivity contribution in [2.75, 3.05) is 11.5 Å². The van der Waals surface area contributed by atoms with Gasteiger partial charge in [-0.05, 0) is 23.8 Å². The van der Waals surface area contributed by atoms with Crippen LogP contribution in [0, 0.1) is 5.82 Å². The highest BCUT2D eigenvalue weighted by Gasteiger charge is 2.02. The second-order valence-electron chi connectivity index (χ2n) is 3.48. The Morgan fingerprint density at radius 2 is 1.75 bits per heavy atom. The number of hydrogen-bond acceptors (Lipinski definition) is 4. The summed E-state index contributed by atoms with van der Waals surface area (Å²) in [5, 5.41) is 7.63. The van der Waals surface area contributed by atoms with E-state index in [2.05, 4.69) is 10.2 Å². The smallest absolute Gasteiger partial charge is 0.169 e. The summed E-state index contributed by atoms with van der Waals surface area (Å²) in [4.78, 5) is 0. The molecule has 1 aromatic heterocycles. The van der Waals surface area contributed by atoms with Gasteiger partial charge < -0.3 is 11.5 Å². The second kappa shape index (κ2) is 4.14. The van der Waals surface area contributed by atoms with Crippen molar-refractivity contribution in [1.82, 2.24) is 10.2 Å². The lowest BCUT2D eigenvalue weighted by Crippen LogP contribution is -2.03. The normalized spacial score (nSPS) is 10.3. The Bertz CT molecular complexity index is 496. The zero-order valence-electron chi connectivity index (χ0n) is 8.52. The minimum Gasteiger partial charge on any atom is -0.396 e. The van der Waals surface area contributed by atoms with E-state index in [0.29, 0.717) is 17.8 Å². The van der Waals surface area contributed by atoms with E-state index in [1.54, 1.807) is 18.2 Å². The van der Waals surface area contributed by atoms with Crippen molar-refractivity contribution in [3.8, 4) is 0 Å². The van der Waals surface area contributed by atoms with Gasteiger partial charge in [0, 0.05) is 6.42 Å². The van der Waals surface area contributed by atoms with Crippen LogP contribution in [0.3, 0.4) is 0 Å². The molecule has 16 heavy (non-hydrogen) atoms. The van der Waals surface area contributed by atoms with Gasteiger partial charge in [0.2, 0.25) is 0 Å². The molecule has 2 aromatic rings. The summed E-state index contributed by atoms with van der Waals surface area (Å²) in [6, 6.07) is 7.88. The fourth-order valence-corrected chi connectivity index (χ4v) is 1.36. The van der Waals surface area contributed by atoms with E-state index in [1.807, 2.05) is 0 Å². The quantitative estimate of drug-likeness (QED) is 0.798. The molecular formula is C11H11FN4. The van der Waals surface area contributed by atoms with Crippen molar-refractivity contribution in [3.05, 3.63) is 47.4 Å². The SMILES string of the molecule is Nc1cc(Cc2ccc(F)cc2)nnc1N. The molecule has 0 bridgehead atoms. The number of nitrogen functional groups attached to an aromatic ring is 2. The third-order valence-electron chi connectivity index (χ3n) is 2.20. The van der Waals surface area contributed by atoms with Crippen molar-refractivity contribution in [2.24, 2.45) is 0 Å². The number of benzene rings is 1. The minimum absolute atomic E-state index is 0.225. The molecule has 0 spiro atoms. The molecule has 2 rings (SSSR count). The lowest BCUT2D eigenvalue weighted by atomic mass is 10.1. The van der Waals surface area contributed by atoms with Gasteiger partial charge in [0.05, 0.1) is 11.4 Å². The number of anilines is 2. The number of rotatable bonds is 2. The first-order valence-electron chi connectivity index (χ1n) is 4.77. The Hall–Kier alpha value is -2.17. The van der Waals surface area contributed by atoms with Gasteiger partial charge >= 0.3 is 0 Å². The van der Waals surface area contributed by atoms with Crippen molar-refractivity contribution >= 4 is 11.5 Å². The van der Waals surface area contributed by atoms with Gasteiger partial charge in [-0.1, -0.05) is 12.1 Å². The molecule has 0 saturated heterocycles. The first-order valence-corrected chi connectivity index (χ1v) is 4.77. The lowest BCUT2D eigenvalue weighted by molar-refractivity contribution is 0.627. The van der Waals surface area contributed by atoms with Gasteiger partial charge in [-0.25, -0.2) is 4.39 Å². The molecule has 0 unspecified atom stereocenters. The molecule has 0 radical (unpaired) electrons. The van der Waals surface area contributed by atoms with Crippen molar-refractivity contribution in [2.45, 2.75) is 6.42 Å². The van der Waals surface area contributed by atoms with Crippen LogP contribution in [0.4, 0.5) is 15.9 Å². The molecule has 82 valence electrons. The Morgan fingerprint density at radius 3 is 2.38 bits per heavy atom. The summed E-state index contributed by atoms with van der Waals surface area (Å²) in [5.41, 5.74) is 13.1. The van der Waals surface area contributed by atoms with Crippen LogP contribution in [0.25, 0.3) is 0 Å². The topological polar surface area (TPSA) is 77.8 Å². The standard InChI is InChI=1S/C11H11FN4/c12-8-3-1-7(2-4-8)5-9-6-10(13)11(14)16-15-9/h1-4,6H,5H2,(H2,13,15)(H2,14,16). The van der Waals surface area contributed by atoms with E-state index in [0.717, 1.165) is 5.56 Å². The molecule has 0 fully saturated rings. The van der Waals surface area contributed by atoms with Gasteiger partial charge in [-0.15, -0.1) is 5.10 Å². The Balaban J connectivity index is 2.20. The predicted molar refractivity (Wildman–Crippen MR) is 60.1 cm³/mol. The maximum absolute atomic E-state index is 12.7. The van der Waals surface area contributed by atoms with E-state index in [1.165, 1.54) is 12.1 Å². The van der Waals surface area contributed by atoms with E-state index in [-0.39, 0.29) is 11.6 Å². The van der Waals surface area contributed by atoms with E-state index >= 15 is 0 Å². The second-order valence-corrected chi connectivity index (χ2v) is 3.48. The minimum atomic E-state index is -0.258. The summed E-state index contributed by atoms with van der Waals surface area (Å²) >= 11 is 0. The first-order chi connectivity index (χ1) is 7.65. The van der Waals surface area contributed by atoms with Crippen LogP contribution in [0.2, 0.25) is 0 Å². The first kappa shape index (κ1) is 10.4. The third-order valence-corrected chi connectivity index (χ3v) is 2.20. The molecule has 1 aromatic carbocycles. The fourth-order valence-electron chi connectivity index (χ4n) is 1.36. The summed E-state index contributed by atoms with van der Waals surface area (Å²) in [5.74, 6) is -0.0329. The van der Waals surface area contributed by atoms with E-state index in [4.69, 9.17) is 11.5 Å². The molecule has 1 heterocycles. The highest BCUT2D eigenvalue weighted by molar-refractivity contribution is 5.57. The van der Waals surface area contributed by atoms with Gasteiger partial charge in [-0.2, -0.15) is 5.10 Å². The average molecular weight is 218 g/mol. The zero-order valence-corrected chi connectivity index (χ0v) is 8.52. The van der Waals surface area contributed by atoms with Crippen molar-refractivity contribution < 1.29 is 4.39 Å². The van der Waals surface area contributed by atoms with E-state index in [9.17, 15) is 4.39 Å². The molecule has 0 atom stereocenters. The molecule has 0 aliphatic heterocycles. The average Bonchev–Trinajstić information content (AvgIpc) is 2.27. The van der Waals surface area contributed by atoms with Crippen LogP contribution in [0.1, 0.15) is 11.3 Å². The Morgan fingerprint density at radius 1 is 1.06 bits per heavy atom. The van der Waals surface area contributed by atoms with Crippen LogP contribution in [0.15, 0.2) is 30.3 Å². The highest BCUT2D eigenvalue weighted by atomic mass is 19.1. The lowest BCUT2D eigenvalue weighted by Gasteiger charge is -2.03. The monoisotopic (exact) mass is 218 g/mol. The van der Waals surface area contributed by atoms with Gasteiger partial charge in [0.15, 0.2) is 5.82 Å². The summed E-state index contributed by atoms with van der Waals surface area (Å²) in [6.45, 7) is 0. The largest absolute Gasteiger partial charge is 0.396 e. The van der Waals surface area contributed by atoms with Gasteiger partial charge in [-0.3, -0.25) is 0 Å². The number of hydrogen-bond donors (Lipinski definition) is 2. The van der Waals surface area contributed by atoms with Crippen LogP contribution < -0.4 is 11.5 Å². The summed E-state index contributed by atoms with van der Waals surface area (Å²) < 4.78 is 12.7. The van der Waals surface area contributed by atoms with Crippen LogP contribution in [-0.2, 0) is 6.42 Å². The molecule has 0 aliphatic rings. The number of nitrogens with zero attached hydrogens (tertiary/aromatic N) is 2. The summed E-state index contributed by atoms with van der Waals surface area (Å²) in [7, 11) is 0. The predicted octanol–water partition coefficient (Wildman–Crippen LogP) is 1.37. The number of nitrogens with two attached hydrogens (primary N) is 2. The maximum atomic E-state index is 12.7. The molecule has 0 saturated carbocycles.